The summed E-state index contributed by atoms with van der Waals surface area (Å²) >= 11 is 5.93. The van der Waals surface area contributed by atoms with E-state index in [1.807, 2.05) is 6.92 Å². The lowest BCUT2D eigenvalue weighted by molar-refractivity contribution is 0.580. The van der Waals surface area contributed by atoms with Gasteiger partial charge in [0.2, 0.25) is 0 Å². The van der Waals surface area contributed by atoms with Crippen molar-refractivity contribution in [2.24, 2.45) is 11.8 Å². The number of hydrogen-bond acceptors (Lipinski definition) is 3. The molecule has 0 bridgehead atoms. The molecule has 4 nitrogen and oxygen atoms in total. The number of fused-ring (bicyclic) bond motifs is 2. The van der Waals surface area contributed by atoms with E-state index in [0.717, 1.165) is 29.1 Å². The fourth-order valence-electron chi connectivity index (χ4n) is 3.27. The van der Waals surface area contributed by atoms with Crippen molar-refractivity contribution >= 4 is 17.2 Å². The van der Waals surface area contributed by atoms with E-state index >= 15 is 0 Å². The minimum atomic E-state index is 0.489. The third-order valence-electron chi connectivity index (χ3n) is 4.16. The van der Waals surface area contributed by atoms with Gasteiger partial charge in [-0.15, -0.1) is 10.2 Å². The van der Waals surface area contributed by atoms with Crippen LogP contribution in [0.1, 0.15) is 36.8 Å². The van der Waals surface area contributed by atoms with E-state index in [-0.39, 0.29) is 0 Å². The van der Waals surface area contributed by atoms with E-state index in [1.54, 1.807) is 6.07 Å². The van der Waals surface area contributed by atoms with Crippen LogP contribution >= 0.6 is 11.6 Å². The first kappa shape index (κ1) is 9.83. The molecule has 2 aliphatic carbocycles. The smallest absolute Gasteiger partial charge is 0.165 e. The molecule has 2 unspecified atom stereocenters. The van der Waals surface area contributed by atoms with Crippen LogP contribution in [0, 0.1) is 18.8 Å². The van der Waals surface area contributed by atoms with Crippen molar-refractivity contribution in [3.05, 3.63) is 22.9 Å². The van der Waals surface area contributed by atoms with Crippen LogP contribution < -0.4 is 0 Å². The Bertz CT molecular complexity index is 596. The maximum absolute atomic E-state index is 5.93. The number of halogens is 1. The summed E-state index contributed by atoms with van der Waals surface area (Å²) in [5.74, 6) is 4.43. The van der Waals surface area contributed by atoms with Crippen LogP contribution in [-0.4, -0.2) is 19.6 Å². The van der Waals surface area contributed by atoms with Gasteiger partial charge in [-0.05, 0) is 38.0 Å². The Kier molecular flexibility index (Phi) is 1.85. The second kappa shape index (κ2) is 3.19. The first-order valence-electron chi connectivity index (χ1n) is 6.10. The Hall–Kier alpha value is -1.16. The minimum Gasteiger partial charge on any atom is -0.266 e. The van der Waals surface area contributed by atoms with Gasteiger partial charge in [-0.25, -0.2) is 4.98 Å². The van der Waals surface area contributed by atoms with Crippen LogP contribution in [0.15, 0.2) is 6.07 Å². The predicted molar refractivity (Wildman–Crippen MR) is 64.1 cm³/mol. The minimum absolute atomic E-state index is 0.489. The molecule has 4 rings (SSSR count). The normalized spacial score (nSPS) is 30.8. The van der Waals surface area contributed by atoms with Gasteiger partial charge in [0, 0.05) is 12.0 Å². The third kappa shape index (κ3) is 1.40. The van der Waals surface area contributed by atoms with Gasteiger partial charge in [0.25, 0.3) is 0 Å². The summed E-state index contributed by atoms with van der Waals surface area (Å²) in [7, 11) is 0. The topological polar surface area (TPSA) is 43.1 Å². The van der Waals surface area contributed by atoms with Gasteiger partial charge < -0.3 is 0 Å². The molecule has 0 amide bonds. The molecule has 2 saturated carbocycles. The standard InChI is InChI=1S/C12H13ClN4/c1-6-14-10(13)5-11-15-16-12(17(6)11)9-3-7-2-8(7)4-9/h5,7-9H,2-4H2,1H3. The molecule has 0 aliphatic heterocycles. The van der Waals surface area contributed by atoms with Crippen LogP contribution in [0.5, 0.6) is 0 Å². The van der Waals surface area contributed by atoms with Crippen molar-refractivity contribution in [3.8, 4) is 0 Å². The zero-order chi connectivity index (χ0) is 11.6. The van der Waals surface area contributed by atoms with Gasteiger partial charge in [-0.3, -0.25) is 4.40 Å². The SMILES string of the molecule is Cc1nc(Cl)cc2nnc(C3CC4CC4C3)n12. The molecular weight excluding hydrogens is 236 g/mol. The molecule has 0 aromatic carbocycles. The number of aromatic nitrogens is 4. The highest BCUT2D eigenvalue weighted by molar-refractivity contribution is 6.29. The van der Waals surface area contributed by atoms with Gasteiger partial charge >= 0.3 is 0 Å². The van der Waals surface area contributed by atoms with Crippen LogP contribution in [0.3, 0.4) is 0 Å². The fourth-order valence-corrected chi connectivity index (χ4v) is 3.49. The van der Waals surface area contributed by atoms with Crippen LogP contribution in [0.25, 0.3) is 5.65 Å². The van der Waals surface area contributed by atoms with Crippen LogP contribution in [-0.2, 0) is 0 Å². The second-order valence-corrected chi connectivity index (χ2v) is 5.69. The average Bonchev–Trinajstić information content (AvgIpc) is 2.75. The summed E-state index contributed by atoms with van der Waals surface area (Å²) in [4.78, 5) is 4.28. The van der Waals surface area contributed by atoms with Gasteiger partial charge in [0.05, 0.1) is 0 Å². The van der Waals surface area contributed by atoms with Gasteiger partial charge in [0.1, 0.15) is 16.8 Å². The van der Waals surface area contributed by atoms with E-state index in [2.05, 4.69) is 19.6 Å². The van der Waals surface area contributed by atoms with E-state index in [0.29, 0.717) is 11.1 Å². The zero-order valence-electron chi connectivity index (χ0n) is 9.60. The Labute approximate surface area is 104 Å². The van der Waals surface area contributed by atoms with Crippen LogP contribution in [0.2, 0.25) is 5.15 Å². The quantitative estimate of drug-likeness (QED) is 0.729. The molecule has 2 fully saturated rings. The molecule has 2 aromatic heterocycles. The van der Waals surface area contributed by atoms with Crippen molar-refractivity contribution in [2.45, 2.75) is 32.1 Å². The maximum Gasteiger partial charge on any atom is 0.165 e. The Morgan fingerprint density at radius 3 is 2.76 bits per heavy atom. The van der Waals surface area contributed by atoms with Gasteiger partial charge in [-0.1, -0.05) is 11.6 Å². The molecule has 0 saturated heterocycles. The van der Waals surface area contributed by atoms with Gasteiger partial charge in [-0.2, -0.15) is 0 Å². The van der Waals surface area contributed by atoms with E-state index in [1.165, 1.54) is 19.3 Å². The largest absolute Gasteiger partial charge is 0.266 e. The summed E-state index contributed by atoms with van der Waals surface area (Å²) in [6, 6.07) is 1.78. The first-order valence-corrected chi connectivity index (χ1v) is 6.48. The molecule has 5 heteroatoms. The molecule has 0 radical (unpaired) electrons. The highest BCUT2D eigenvalue weighted by atomic mass is 35.5. The van der Waals surface area contributed by atoms with E-state index in [9.17, 15) is 0 Å². The third-order valence-corrected chi connectivity index (χ3v) is 4.36. The highest BCUT2D eigenvalue weighted by Gasteiger charge is 2.47. The zero-order valence-corrected chi connectivity index (χ0v) is 10.4. The van der Waals surface area contributed by atoms with Crippen molar-refractivity contribution in [3.63, 3.8) is 0 Å². The van der Waals surface area contributed by atoms with Crippen molar-refractivity contribution < 1.29 is 0 Å². The van der Waals surface area contributed by atoms with E-state index in [4.69, 9.17) is 11.6 Å². The monoisotopic (exact) mass is 248 g/mol. The lowest BCUT2D eigenvalue weighted by atomic mass is 10.0. The number of hydrogen-bond donors (Lipinski definition) is 0. The molecule has 2 atom stereocenters. The molecule has 2 aromatic rings. The second-order valence-electron chi connectivity index (χ2n) is 5.30. The lowest BCUT2D eigenvalue weighted by Gasteiger charge is -2.10. The number of nitrogens with zero attached hydrogens (tertiary/aromatic N) is 4. The average molecular weight is 249 g/mol. The van der Waals surface area contributed by atoms with Gasteiger partial charge in [0.15, 0.2) is 5.65 Å². The molecule has 88 valence electrons. The summed E-state index contributed by atoms with van der Waals surface area (Å²) in [6.07, 6.45) is 3.97. The molecule has 0 N–H and O–H groups in total. The van der Waals surface area contributed by atoms with E-state index < -0.39 is 0 Å². The molecule has 2 aliphatic rings. The highest BCUT2D eigenvalue weighted by Crippen LogP contribution is 2.57. The van der Waals surface area contributed by atoms with Crippen molar-refractivity contribution in [1.82, 2.24) is 19.6 Å². The summed E-state index contributed by atoms with van der Waals surface area (Å²) < 4.78 is 2.06. The molecule has 17 heavy (non-hydrogen) atoms. The Morgan fingerprint density at radius 2 is 2.00 bits per heavy atom. The Morgan fingerprint density at radius 1 is 1.24 bits per heavy atom. The summed E-state index contributed by atoms with van der Waals surface area (Å²) in [6.45, 7) is 1.96. The number of rotatable bonds is 1. The van der Waals surface area contributed by atoms with Crippen LogP contribution in [0.4, 0.5) is 0 Å². The lowest BCUT2D eigenvalue weighted by Crippen LogP contribution is -2.06. The summed E-state index contributed by atoms with van der Waals surface area (Å²) in [5.41, 5.74) is 0.818. The fraction of sp³-hybridized carbons (Fsp3) is 0.583. The summed E-state index contributed by atoms with van der Waals surface area (Å²) in [5, 5.41) is 9.05. The molecule has 0 spiro atoms. The van der Waals surface area contributed by atoms with Crippen molar-refractivity contribution in [2.75, 3.05) is 0 Å². The number of aryl methyl sites for hydroxylation is 1. The first-order chi connectivity index (χ1) is 8.22. The van der Waals surface area contributed by atoms with Crippen molar-refractivity contribution in [1.29, 1.82) is 0 Å². The Balaban J connectivity index is 1.85. The predicted octanol–water partition coefficient (Wildman–Crippen LogP) is 2.60. The molecular formula is C12H13ClN4. The molecule has 2 heterocycles. The maximum atomic E-state index is 5.93.